The van der Waals surface area contributed by atoms with Gasteiger partial charge in [0, 0.05) is 11.1 Å². The molecule has 0 amide bonds. The zero-order valence-corrected chi connectivity index (χ0v) is 19.2. The van der Waals surface area contributed by atoms with Crippen molar-refractivity contribution in [2.24, 2.45) is 8.80 Å². The van der Waals surface area contributed by atoms with Crippen LogP contribution in [0.25, 0.3) is 0 Å². The Hall–Kier alpha value is -3.07. The first-order chi connectivity index (χ1) is 15.2. The lowest BCUT2D eigenvalue weighted by Crippen LogP contribution is -2.22. The number of nitrogens with zero attached hydrogens (tertiary/aromatic N) is 2. The molecule has 0 radical (unpaired) electrons. The van der Waals surface area contributed by atoms with E-state index in [4.69, 9.17) is 11.6 Å². The molecule has 4 rings (SSSR count). The molecule has 0 fully saturated rings. The second-order valence-corrected chi connectivity index (χ2v) is 10.5. The highest BCUT2D eigenvalue weighted by Gasteiger charge is 2.29. The van der Waals surface area contributed by atoms with Crippen LogP contribution in [0.15, 0.2) is 114 Å². The zero-order valence-electron chi connectivity index (χ0n) is 16.8. The molecule has 0 N–H and O–H groups in total. The van der Waals surface area contributed by atoms with Crippen molar-refractivity contribution in [2.75, 3.05) is 0 Å². The lowest BCUT2D eigenvalue weighted by atomic mass is 9.89. The van der Waals surface area contributed by atoms with Crippen molar-refractivity contribution >= 4 is 43.1 Å². The SMILES string of the molecule is CC1=C(Cl)C(=NS(=O)(=O)c2ccccc2)c2ccccc2C1=NS(=O)(=O)c1ccccc1. The van der Waals surface area contributed by atoms with Crippen LogP contribution in [0.4, 0.5) is 0 Å². The van der Waals surface area contributed by atoms with Gasteiger partial charge >= 0.3 is 0 Å². The monoisotopic (exact) mass is 484 g/mol. The lowest BCUT2D eigenvalue weighted by Gasteiger charge is -2.21. The standard InChI is InChI=1S/C23H17ClN2O4S2/c1-16-21(24)23(26-32(29,30)18-12-6-3-7-13-18)20-15-9-8-14-19(20)22(16)25-31(27,28)17-10-4-2-5-11-17/h2-15H,1H3. The first-order valence-electron chi connectivity index (χ1n) is 9.47. The first-order valence-corrected chi connectivity index (χ1v) is 12.7. The summed E-state index contributed by atoms with van der Waals surface area (Å²) in [5.74, 6) is 0. The molecule has 0 bridgehead atoms. The zero-order chi connectivity index (χ0) is 22.9. The summed E-state index contributed by atoms with van der Waals surface area (Å²) in [6, 6.07) is 22.3. The molecule has 0 heterocycles. The first kappa shape index (κ1) is 22.1. The molecular formula is C23H17ClN2O4S2. The predicted octanol–water partition coefficient (Wildman–Crippen LogP) is 4.57. The fourth-order valence-corrected chi connectivity index (χ4v) is 5.64. The maximum absolute atomic E-state index is 12.9. The average molecular weight is 485 g/mol. The number of hydrogen-bond acceptors (Lipinski definition) is 4. The number of halogens is 1. The van der Waals surface area contributed by atoms with Gasteiger partial charge in [0.05, 0.1) is 20.5 Å². The Labute approximate surface area is 191 Å². The summed E-state index contributed by atoms with van der Waals surface area (Å²) in [6.45, 7) is 1.59. The van der Waals surface area contributed by atoms with Gasteiger partial charge in [-0.1, -0.05) is 72.3 Å². The largest absolute Gasteiger partial charge is 0.282 e. The summed E-state index contributed by atoms with van der Waals surface area (Å²) >= 11 is 6.53. The highest BCUT2D eigenvalue weighted by atomic mass is 35.5. The molecule has 6 nitrogen and oxygen atoms in total. The third kappa shape index (κ3) is 4.17. The summed E-state index contributed by atoms with van der Waals surface area (Å²) < 4.78 is 59.5. The quantitative estimate of drug-likeness (QED) is 0.542. The molecule has 0 aliphatic heterocycles. The van der Waals surface area contributed by atoms with Crippen LogP contribution in [-0.4, -0.2) is 28.3 Å². The third-order valence-electron chi connectivity index (χ3n) is 4.83. The highest BCUT2D eigenvalue weighted by Crippen LogP contribution is 2.32. The van der Waals surface area contributed by atoms with Crippen molar-refractivity contribution in [3.05, 3.63) is 107 Å². The molecule has 3 aromatic carbocycles. The number of allylic oxidation sites excluding steroid dienone is 2. The van der Waals surface area contributed by atoms with Gasteiger partial charge in [-0.2, -0.15) is 25.6 Å². The van der Waals surface area contributed by atoms with Crippen molar-refractivity contribution in [1.82, 2.24) is 0 Å². The normalized spacial score (nSPS) is 16.9. The minimum Gasteiger partial charge on any atom is -0.199 e. The van der Waals surface area contributed by atoms with Crippen molar-refractivity contribution in [3.8, 4) is 0 Å². The molecule has 0 spiro atoms. The maximum Gasteiger partial charge on any atom is 0.282 e. The van der Waals surface area contributed by atoms with Gasteiger partial charge in [-0.05, 0) is 36.8 Å². The summed E-state index contributed by atoms with van der Waals surface area (Å²) in [4.78, 5) is 0.0678. The summed E-state index contributed by atoms with van der Waals surface area (Å²) in [6.07, 6.45) is 0. The molecular weight excluding hydrogens is 468 g/mol. The molecule has 0 aromatic heterocycles. The topological polar surface area (TPSA) is 93.0 Å². The second-order valence-electron chi connectivity index (χ2n) is 6.94. The fraction of sp³-hybridized carbons (Fsp3) is 0.0435. The molecule has 0 saturated carbocycles. The van der Waals surface area contributed by atoms with Crippen LogP contribution in [0, 0.1) is 0 Å². The van der Waals surface area contributed by atoms with Gasteiger partial charge in [0.25, 0.3) is 20.0 Å². The second kappa shape index (κ2) is 8.46. The maximum atomic E-state index is 12.9. The third-order valence-corrected chi connectivity index (χ3v) is 7.88. The van der Waals surface area contributed by atoms with Gasteiger partial charge in [0.2, 0.25) is 0 Å². The van der Waals surface area contributed by atoms with E-state index in [0.29, 0.717) is 16.7 Å². The molecule has 0 atom stereocenters. The Morgan fingerprint density at radius 2 is 0.969 bits per heavy atom. The van der Waals surface area contributed by atoms with Crippen LogP contribution >= 0.6 is 11.6 Å². The van der Waals surface area contributed by atoms with Crippen LogP contribution in [0.5, 0.6) is 0 Å². The van der Waals surface area contributed by atoms with E-state index < -0.39 is 20.0 Å². The Morgan fingerprint density at radius 1 is 0.594 bits per heavy atom. The van der Waals surface area contributed by atoms with Crippen LogP contribution in [0.2, 0.25) is 0 Å². The molecule has 1 aliphatic rings. The number of benzene rings is 3. The van der Waals surface area contributed by atoms with Crippen molar-refractivity contribution in [1.29, 1.82) is 0 Å². The van der Waals surface area contributed by atoms with Gasteiger partial charge in [-0.3, -0.25) is 0 Å². The Balaban J connectivity index is 1.92. The van der Waals surface area contributed by atoms with E-state index in [9.17, 15) is 16.8 Å². The molecule has 32 heavy (non-hydrogen) atoms. The summed E-state index contributed by atoms with van der Waals surface area (Å²) in [5.41, 5.74) is 1.30. The molecule has 162 valence electrons. The van der Waals surface area contributed by atoms with Gasteiger partial charge in [0.15, 0.2) is 0 Å². The smallest absolute Gasteiger partial charge is 0.199 e. The van der Waals surface area contributed by atoms with Gasteiger partial charge < -0.3 is 0 Å². The van der Waals surface area contributed by atoms with E-state index in [0.717, 1.165) is 0 Å². The van der Waals surface area contributed by atoms with Gasteiger partial charge in [-0.25, -0.2) is 0 Å². The van der Waals surface area contributed by atoms with E-state index in [-0.39, 0.29) is 26.2 Å². The minimum atomic E-state index is -4.04. The summed E-state index contributed by atoms with van der Waals surface area (Å²) in [7, 11) is -8.06. The van der Waals surface area contributed by atoms with Crippen molar-refractivity contribution in [2.45, 2.75) is 16.7 Å². The predicted molar refractivity (Wildman–Crippen MR) is 125 cm³/mol. The van der Waals surface area contributed by atoms with Crippen molar-refractivity contribution < 1.29 is 16.8 Å². The van der Waals surface area contributed by atoms with E-state index in [2.05, 4.69) is 8.80 Å². The molecule has 0 unspecified atom stereocenters. The fourth-order valence-electron chi connectivity index (χ4n) is 3.24. The summed E-state index contributed by atoms with van der Waals surface area (Å²) in [5, 5.41) is 0.0187. The van der Waals surface area contributed by atoms with Gasteiger partial charge in [0.1, 0.15) is 5.71 Å². The number of fused-ring (bicyclic) bond motifs is 1. The molecule has 3 aromatic rings. The van der Waals surface area contributed by atoms with Crippen molar-refractivity contribution in [3.63, 3.8) is 0 Å². The molecule has 9 heteroatoms. The number of rotatable bonds is 4. The highest BCUT2D eigenvalue weighted by molar-refractivity contribution is 7.90. The van der Waals surface area contributed by atoms with E-state index in [1.165, 1.54) is 24.3 Å². The van der Waals surface area contributed by atoms with E-state index >= 15 is 0 Å². The Morgan fingerprint density at radius 3 is 1.44 bits per heavy atom. The van der Waals surface area contributed by atoms with E-state index in [1.807, 2.05) is 0 Å². The van der Waals surface area contributed by atoms with Crippen LogP contribution < -0.4 is 0 Å². The van der Waals surface area contributed by atoms with Crippen LogP contribution in [0.1, 0.15) is 18.1 Å². The Kier molecular flexibility index (Phi) is 5.85. The number of hydrogen-bond donors (Lipinski definition) is 0. The lowest BCUT2D eigenvalue weighted by molar-refractivity contribution is 0.596. The van der Waals surface area contributed by atoms with E-state index in [1.54, 1.807) is 67.6 Å². The molecule has 1 aliphatic carbocycles. The molecule has 0 saturated heterocycles. The van der Waals surface area contributed by atoms with Crippen LogP contribution in [-0.2, 0) is 20.0 Å². The number of sulfonamides is 2. The Bertz CT molecular complexity index is 1380. The average Bonchev–Trinajstić information content (AvgIpc) is 2.81. The van der Waals surface area contributed by atoms with Crippen LogP contribution in [0.3, 0.4) is 0 Å². The minimum absolute atomic E-state index is 0.0187. The van der Waals surface area contributed by atoms with Gasteiger partial charge in [-0.15, -0.1) is 0 Å².